The Morgan fingerprint density at radius 1 is 1.15 bits per heavy atom. The molecule has 2 aromatic heterocycles. The molecule has 4 nitrogen and oxygen atoms in total. The first-order chi connectivity index (χ1) is 12.7. The molecule has 2 heterocycles. The van der Waals surface area contributed by atoms with E-state index in [1.54, 1.807) is 10.6 Å². The highest BCUT2D eigenvalue weighted by Crippen LogP contribution is 2.19. The Hall–Kier alpha value is -2.17. The first-order valence-electron chi connectivity index (χ1n) is 9.18. The van der Waals surface area contributed by atoms with E-state index in [2.05, 4.69) is 5.32 Å². The lowest BCUT2D eigenvalue weighted by Gasteiger charge is -2.15. The molecule has 5 heteroatoms. The maximum absolute atomic E-state index is 13.1. The van der Waals surface area contributed by atoms with Gasteiger partial charge in [0, 0.05) is 30.2 Å². The Morgan fingerprint density at radius 2 is 2.00 bits per heavy atom. The summed E-state index contributed by atoms with van der Waals surface area (Å²) in [6, 6.07) is 13.9. The van der Waals surface area contributed by atoms with Crippen LogP contribution in [0.5, 0.6) is 0 Å². The zero-order valence-electron chi connectivity index (χ0n) is 14.6. The average molecular weight is 368 g/mol. The van der Waals surface area contributed by atoms with Gasteiger partial charge in [-0.1, -0.05) is 42.6 Å². The second kappa shape index (κ2) is 7.60. The fraction of sp³-hybridized carbons (Fsp3) is 0.333. The van der Waals surface area contributed by atoms with Gasteiger partial charge in [0.05, 0.1) is 11.3 Å². The van der Waals surface area contributed by atoms with Gasteiger partial charge in [-0.3, -0.25) is 9.20 Å². The molecule has 0 radical (unpaired) electrons. The zero-order valence-corrected chi connectivity index (χ0v) is 15.4. The van der Waals surface area contributed by atoms with Crippen molar-refractivity contribution in [2.45, 2.75) is 44.7 Å². The predicted octanol–water partition coefficient (Wildman–Crippen LogP) is 3.97. The Bertz CT molecular complexity index is 976. The van der Waals surface area contributed by atoms with Crippen LogP contribution in [-0.4, -0.2) is 15.4 Å². The quantitative estimate of drug-likeness (QED) is 0.742. The number of rotatable bonds is 5. The Kier molecular flexibility index (Phi) is 5.05. The summed E-state index contributed by atoms with van der Waals surface area (Å²) in [7, 11) is 0. The normalized spacial score (nSPS) is 15.0. The Balaban J connectivity index is 1.72. The number of nitrogens with zero attached hydrogens (tertiary/aromatic N) is 2. The van der Waals surface area contributed by atoms with Gasteiger partial charge in [-0.25, -0.2) is 4.98 Å². The molecular formula is C21H22ClN3O. The van der Waals surface area contributed by atoms with E-state index in [-0.39, 0.29) is 5.56 Å². The molecule has 4 rings (SSSR count). The predicted molar refractivity (Wildman–Crippen MR) is 105 cm³/mol. The van der Waals surface area contributed by atoms with Crippen molar-refractivity contribution in [3.8, 4) is 0 Å². The fourth-order valence-electron chi connectivity index (χ4n) is 3.71. The van der Waals surface area contributed by atoms with E-state index >= 15 is 0 Å². The van der Waals surface area contributed by atoms with Gasteiger partial charge in [-0.05, 0) is 42.7 Å². The molecule has 1 aromatic carbocycles. The van der Waals surface area contributed by atoms with Crippen LogP contribution in [0.25, 0.3) is 5.65 Å². The number of pyridine rings is 1. The van der Waals surface area contributed by atoms with E-state index in [0.717, 1.165) is 16.8 Å². The molecular weight excluding hydrogens is 346 g/mol. The van der Waals surface area contributed by atoms with Crippen molar-refractivity contribution in [1.82, 2.24) is 14.7 Å². The van der Waals surface area contributed by atoms with Crippen LogP contribution in [0.4, 0.5) is 0 Å². The summed E-state index contributed by atoms with van der Waals surface area (Å²) in [6.45, 7) is 0.560. The number of benzene rings is 1. The fourth-order valence-corrected chi connectivity index (χ4v) is 3.92. The van der Waals surface area contributed by atoms with Crippen LogP contribution in [0.2, 0.25) is 5.02 Å². The molecule has 0 unspecified atom stereocenters. The second-order valence-corrected chi connectivity index (χ2v) is 7.38. The lowest BCUT2D eigenvalue weighted by Crippen LogP contribution is -2.31. The van der Waals surface area contributed by atoms with Crippen LogP contribution in [0.15, 0.2) is 53.5 Å². The van der Waals surface area contributed by atoms with E-state index < -0.39 is 0 Å². The minimum Gasteiger partial charge on any atom is -0.310 e. The van der Waals surface area contributed by atoms with E-state index in [1.807, 2.05) is 42.5 Å². The topological polar surface area (TPSA) is 46.4 Å². The van der Waals surface area contributed by atoms with Crippen molar-refractivity contribution in [2.75, 3.05) is 0 Å². The molecule has 1 aliphatic rings. The van der Waals surface area contributed by atoms with Gasteiger partial charge in [0.25, 0.3) is 5.56 Å². The summed E-state index contributed by atoms with van der Waals surface area (Å²) in [5.74, 6) is 0. The van der Waals surface area contributed by atoms with Crippen LogP contribution in [-0.2, 0) is 13.0 Å². The highest BCUT2D eigenvalue weighted by molar-refractivity contribution is 6.30. The maximum atomic E-state index is 13.1. The second-order valence-electron chi connectivity index (χ2n) is 6.94. The molecule has 1 N–H and O–H groups in total. The van der Waals surface area contributed by atoms with Crippen molar-refractivity contribution in [2.24, 2.45) is 0 Å². The number of nitrogens with one attached hydrogen (secondary N) is 1. The first-order valence-corrected chi connectivity index (χ1v) is 9.55. The van der Waals surface area contributed by atoms with Crippen molar-refractivity contribution in [1.29, 1.82) is 0 Å². The summed E-state index contributed by atoms with van der Waals surface area (Å²) in [6.07, 6.45) is 7.29. The number of hydrogen-bond acceptors (Lipinski definition) is 3. The monoisotopic (exact) mass is 367 g/mol. The molecule has 0 amide bonds. The summed E-state index contributed by atoms with van der Waals surface area (Å²) in [4.78, 5) is 17.9. The third kappa shape index (κ3) is 3.67. The summed E-state index contributed by atoms with van der Waals surface area (Å²) < 4.78 is 1.63. The Morgan fingerprint density at radius 3 is 2.81 bits per heavy atom. The van der Waals surface area contributed by atoms with E-state index in [0.29, 0.717) is 29.7 Å². The van der Waals surface area contributed by atoms with Gasteiger partial charge in [0.1, 0.15) is 5.65 Å². The molecule has 1 aliphatic carbocycles. The molecule has 134 valence electrons. The highest BCUT2D eigenvalue weighted by Gasteiger charge is 2.18. The SMILES string of the molecule is O=c1c(CNC2CCCC2)c(Cc2cccc(Cl)c2)nc2ccccn12. The number of halogens is 1. The smallest absolute Gasteiger partial charge is 0.262 e. The Labute approximate surface area is 157 Å². The van der Waals surface area contributed by atoms with Crippen LogP contribution in [0.3, 0.4) is 0 Å². The molecule has 0 spiro atoms. The van der Waals surface area contributed by atoms with Crippen molar-refractivity contribution in [3.63, 3.8) is 0 Å². The minimum atomic E-state index is 0.0122. The average Bonchev–Trinajstić information content (AvgIpc) is 3.15. The van der Waals surface area contributed by atoms with Gasteiger partial charge in [-0.15, -0.1) is 0 Å². The summed E-state index contributed by atoms with van der Waals surface area (Å²) in [5, 5.41) is 4.26. The van der Waals surface area contributed by atoms with Gasteiger partial charge < -0.3 is 5.32 Å². The molecule has 26 heavy (non-hydrogen) atoms. The van der Waals surface area contributed by atoms with Crippen LogP contribution in [0.1, 0.15) is 42.5 Å². The van der Waals surface area contributed by atoms with Gasteiger partial charge in [0.2, 0.25) is 0 Å². The van der Waals surface area contributed by atoms with Crippen molar-refractivity contribution < 1.29 is 0 Å². The molecule has 0 bridgehead atoms. The van der Waals surface area contributed by atoms with Crippen molar-refractivity contribution >= 4 is 17.2 Å². The van der Waals surface area contributed by atoms with Crippen LogP contribution in [0, 0.1) is 0 Å². The number of hydrogen-bond donors (Lipinski definition) is 1. The van der Waals surface area contributed by atoms with Crippen molar-refractivity contribution in [3.05, 3.63) is 80.9 Å². The standard InChI is InChI=1S/C21H22ClN3O/c22-16-7-5-6-15(12-16)13-19-18(14-23-17-8-1-2-9-17)21(26)25-11-4-3-10-20(25)24-19/h3-7,10-12,17,23H,1-2,8-9,13-14H2. The number of aromatic nitrogens is 2. The largest absolute Gasteiger partial charge is 0.310 e. The first kappa shape index (κ1) is 17.3. The van der Waals surface area contributed by atoms with E-state index in [1.165, 1.54) is 25.7 Å². The maximum Gasteiger partial charge on any atom is 0.262 e. The molecule has 3 aromatic rings. The molecule has 1 saturated carbocycles. The third-order valence-electron chi connectivity index (χ3n) is 5.10. The molecule has 0 saturated heterocycles. The van der Waals surface area contributed by atoms with E-state index in [9.17, 15) is 4.79 Å². The lowest BCUT2D eigenvalue weighted by atomic mass is 10.1. The number of fused-ring (bicyclic) bond motifs is 1. The molecule has 1 fully saturated rings. The summed E-state index contributed by atoms with van der Waals surface area (Å²) in [5.41, 5.74) is 3.33. The van der Waals surface area contributed by atoms with Crippen LogP contribution >= 0.6 is 11.6 Å². The highest BCUT2D eigenvalue weighted by atomic mass is 35.5. The van der Waals surface area contributed by atoms with E-state index in [4.69, 9.17) is 16.6 Å². The lowest BCUT2D eigenvalue weighted by molar-refractivity contribution is 0.519. The molecule has 0 atom stereocenters. The van der Waals surface area contributed by atoms with Gasteiger partial charge in [0.15, 0.2) is 0 Å². The summed E-state index contributed by atoms with van der Waals surface area (Å²) >= 11 is 6.13. The molecule has 0 aliphatic heterocycles. The van der Waals surface area contributed by atoms with Gasteiger partial charge in [-0.2, -0.15) is 0 Å². The minimum absolute atomic E-state index is 0.0122. The van der Waals surface area contributed by atoms with Gasteiger partial charge >= 0.3 is 0 Å². The zero-order chi connectivity index (χ0) is 17.9. The van der Waals surface area contributed by atoms with Crippen LogP contribution < -0.4 is 10.9 Å². The third-order valence-corrected chi connectivity index (χ3v) is 5.33.